The zero-order valence-corrected chi connectivity index (χ0v) is 21.0. The summed E-state index contributed by atoms with van der Waals surface area (Å²) in [5, 5.41) is 11.2. The van der Waals surface area contributed by atoms with Crippen molar-refractivity contribution in [2.24, 2.45) is 5.41 Å². The molecule has 6 nitrogen and oxygen atoms in total. The number of nitrogens with one attached hydrogen (secondary N) is 1. The van der Waals surface area contributed by atoms with Gasteiger partial charge in [0.25, 0.3) is 5.91 Å². The first kappa shape index (κ1) is 23.3. The third-order valence-corrected chi connectivity index (χ3v) is 8.25. The molecule has 2 heterocycles. The second-order valence-corrected chi connectivity index (χ2v) is 11.0. The van der Waals surface area contributed by atoms with Crippen LogP contribution in [0.25, 0.3) is 10.4 Å². The lowest BCUT2D eigenvalue weighted by molar-refractivity contribution is -0.125. The van der Waals surface area contributed by atoms with Crippen LogP contribution in [0.4, 0.5) is 9.52 Å². The number of carbonyl (C=O) groups excluding carboxylic acids is 2. The minimum Gasteiger partial charge on any atom is -0.345 e. The minimum absolute atomic E-state index is 0.0472. The van der Waals surface area contributed by atoms with Crippen LogP contribution in [0.3, 0.4) is 0 Å². The Hall–Kier alpha value is -3.43. The number of hydrogen-bond donors (Lipinski definition) is 1. The van der Waals surface area contributed by atoms with Crippen molar-refractivity contribution in [3.05, 3.63) is 87.5 Å². The molecule has 1 aliphatic rings. The van der Waals surface area contributed by atoms with E-state index in [-0.39, 0.29) is 23.3 Å². The van der Waals surface area contributed by atoms with Gasteiger partial charge in [-0.1, -0.05) is 47.7 Å². The largest absolute Gasteiger partial charge is 0.345 e. The van der Waals surface area contributed by atoms with Crippen molar-refractivity contribution in [1.82, 2.24) is 15.1 Å². The summed E-state index contributed by atoms with van der Waals surface area (Å²) in [5.41, 5.74) is 3.74. The van der Waals surface area contributed by atoms with Gasteiger partial charge in [-0.2, -0.15) is 0 Å². The fourth-order valence-electron chi connectivity index (χ4n) is 4.70. The van der Waals surface area contributed by atoms with Crippen LogP contribution < -0.4 is 5.32 Å². The van der Waals surface area contributed by atoms with E-state index in [0.29, 0.717) is 17.1 Å². The van der Waals surface area contributed by atoms with Crippen LogP contribution in [0.5, 0.6) is 0 Å². The molecule has 0 bridgehead atoms. The molecule has 4 aromatic rings. The van der Waals surface area contributed by atoms with Gasteiger partial charge in [-0.15, -0.1) is 21.5 Å². The van der Waals surface area contributed by atoms with Crippen molar-refractivity contribution < 1.29 is 14.0 Å². The summed E-state index contributed by atoms with van der Waals surface area (Å²) in [7, 11) is 3.20. The van der Waals surface area contributed by atoms with Crippen molar-refractivity contribution in [2.75, 3.05) is 19.4 Å². The Bertz CT molecular complexity index is 1400. The topological polar surface area (TPSA) is 75.2 Å². The quantitative estimate of drug-likeness (QED) is 0.391. The maximum absolute atomic E-state index is 14.8. The van der Waals surface area contributed by atoms with E-state index in [1.165, 1.54) is 28.4 Å². The van der Waals surface area contributed by atoms with Gasteiger partial charge >= 0.3 is 0 Å². The summed E-state index contributed by atoms with van der Waals surface area (Å²) < 4.78 is 14.8. The van der Waals surface area contributed by atoms with Crippen LogP contribution in [0.2, 0.25) is 0 Å². The van der Waals surface area contributed by atoms with Gasteiger partial charge in [0.2, 0.25) is 11.0 Å². The van der Waals surface area contributed by atoms with Crippen LogP contribution in [-0.4, -0.2) is 41.0 Å². The molecular formula is C26H23FN4O2S2. The van der Waals surface area contributed by atoms with Gasteiger partial charge in [-0.05, 0) is 48.2 Å². The first-order valence-corrected chi connectivity index (χ1v) is 12.7. The molecule has 1 aliphatic carbocycles. The number of hydrogen-bond acceptors (Lipinski definition) is 6. The SMILES string of the molecule is CN(C)C(=O)c1ccc(-c2cc3c(s2)C[C@](C)(C(=O)Nc2nncs2)[C@@H]3c2ccccc2)cc1F. The van der Waals surface area contributed by atoms with E-state index in [1.54, 1.807) is 37.0 Å². The second kappa shape index (κ2) is 8.98. The lowest BCUT2D eigenvalue weighted by atomic mass is 9.73. The maximum Gasteiger partial charge on any atom is 0.256 e. The number of aromatic nitrogens is 2. The van der Waals surface area contributed by atoms with Crippen molar-refractivity contribution in [3.63, 3.8) is 0 Å². The predicted octanol–water partition coefficient (Wildman–Crippen LogP) is 5.44. The highest BCUT2D eigenvalue weighted by atomic mass is 32.1. The molecule has 1 N–H and O–H groups in total. The first-order valence-electron chi connectivity index (χ1n) is 11.0. The van der Waals surface area contributed by atoms with Crippen LogP contribution >= 0.6 is 22.7 Å². The molecule has 5 rings (SSSR count). The van der Waals surface area contributed by atoms with Gasteiger partial charge in [0, 0.05) is 29.8 Å². The summed E-state index contributed by atoms with van der Waals surface area (Å²) in [5.74, 6) is -1.19. The van der Waals surface area contributed by atoms with Gasteiger partial charge in [-0.25, -0.2) is 4.39 Å². The highest BCUT2D eigenvalue weighted by Gasteiger charge is 2.50. The number of rotatable bonds is 5. The molecule has 0 saturated heterocycles. The number of fused-ring (bicyclic) bond motifs is 1. The van der Waals surface area contributed by atoms with Gasteiger partial charge in [-0.3, -0.25) is 9.59 Å². The van der Waals surface area contributed by atoms with Gasteiger partial charge in [0.1, 0.15) is 11.3 Å². The monoisotopic (exact) mass is 506 g/mol. The Labute approximate surface area is 210 Å². The first-order chi connectivity index (χ1) is 16.8. The molecule has 0 fully saturated rings. The normalized spacial score (nSPS) is 18.8. The molecule has 0 spiro atoms. The van der Waals surface area contributed by atoms with Crippen LogP contribution in [0.1, 0.15) is 39.2 Å². The Morgan fingerprint density at radius 2 is 1.91 bits per heavy atom. The molecule has 35 heavy (non-hydrogen) atoms. The Balaban J connectivity index is 1.52. The van der Waals surface area contributed by atoms with Crippen LogP contribution in [0, 0.1) is 11.2 Å². The number of amides is 2. The summed E-state index contributed by atoms with van der Waals surface area (Å²) in [6.45, 7) is 1.98. The molecule has 2 amide bonds. The zero-order chi connectivity index (χ0) is 24.7. The standard InChI is InChI=1S/C26H23FN4O2S2/c1-26(24(33)29-25-30-28-14-34-25)13-21-18(22(26)15-7-5-4-6-8-15)12-20(35-21)16-9-10-17(19(27)11-16)23(32)31(2)3/h4-12,14,22H,13H2,1-3H3,(H,29,30,33)/t22-,26+/m1/s1. The summed E-state index contributed by atoms with van der Waals surface area (Å²) >= 11 is 2.85. The number of thiophene rings is 1. The summed E-state index contributed by atoms with van der Waals surface area (Å²) in [4.78, 5) is 29.1. The number of anilines is 1. The van der Waals surface area contributed by atoms with Gasteiger partial charge in [0.15, 0.2) is 0 Å². The summed E-state index contributed by atoms with van der Waals surface area (Å²) in [6.07, 6.45) is 0.552. The zero-order valence-electron chi connectivity index (χ0n) is 19.4. The van der Waals surface area contributed by atoms with Gasteiger partial charge in [0.05, 0.1) is 11.0 Å². The van der Waals surface area contributed by atoms with E-state index >= 15 is 0 Å². The third kappa shape index (κ3) is 4.15. The highest BCUT2D eigenvalue weighted by Crippen LogP contribution is 2.55. The number of benzene rings is 2. The van der Waals surface area contributed by atoms with E-state index in [9.17, 15) is 14.0 Å². The van der Waals surface area contributed by atoms with E-state index in [0.717, 1.165) is 20.9 Å². The highest BCUT2D eigenvalue weighted by molar-refractivity contribution is 7.15. The minimum atomic E-state index is -0.722. The van der Waals surface area contributed by atoms with Crippen molar-refractivity contribution in [2.45, 2.75) is 19.3 Å². The predicted molar refractivity (Wildman–Crippen MR) is 136 cm³/mol. The molecule has 0 unspecified atom stereocenters. The van der Waals surface area contributed by atoms with E-state index in [2.05, 4.69) is 21.6 Å². The van der Waals surface area contributed by atoms with Gasteiger partial charge < -0.3 is 10.2 Å². The number of carbonyl (C=O) groups is 2. The van der Waals surface area contributed by atoms with Crippen LogP contribution in [0.15, 0.2) is 60.1 Å². The third-order valence-electron chi connectivity index (χ3n) is 6.44. The van der Waals surface area contributed by atoms with Crippen LogP contribution in [-0.2, 0) is 11.2 Å². The molecule has 0 saturated carbocycles. The molecule has 178 valence electrons. The van der Waals surface area contributed by atoms with Crippen molar-refractivity contribution in [1.29, 1.82) is 0 Å². The molecule has 0 aliphatic heterocycles. The fourth-order valence-corrected chi connectivity index (χ4v) is 6.50. The molecular weight excluding hydrogens is 483 g/mol. The maximum atomic E-state index is 14.8. The Kier molecular flexibility index (Phi) is 5.98. The van der Waals surface area contributed by atoms with E-state index < -0.39 is 11.2 Å². The van der Waals surface area contributed by atoms with Crippen molar-refractivity contribution in [3.8, 4) is 10.4 Å². The fraction of sp³-hybridized carbons (Fsp3) is 0.231. The molecule has 2 aromatic carbocycles. The second-order valence-electron chi connectivity index (χ2n) is 9.02. The Morgan fingerprint density at radius 1 is 1.14 bits per heavy atom. The molecule has 2 atom stereocenters. The molecule has 0 radical (unpaired) electrons. The lowest BCUT2D eigenvalue weighted by Gasteiger charge is -2.31. The lowest BCUT2D eigenvalue weighted by Crippen LogP contribution is -2.37. The number of nitrogens with zero attached hydrogens (tertiary/aromatic N) is 3. The molecule has 9 heteroatoms. The van der Waals surface area contributed by atoms with E-state index in [4.69, 9.17) is 0 Å². The number of halogens is 1. The average Bonchev–Trinajstić information content (AvgIpc) is 3.55. The Morgan fingerprint density at radius 3 is 2.57 bits per heavy atom. The van der Waals surface area contributed by atoms with Crippen molar-refractivity contribution >= 4 is 39.6 Å². The average molecular weight is 507 g/mol. The smallest absolute Gasteiger partial charge is 0.256 e. The summed E-state index contributed by atoms with van der Waals surface area (Å²) in [6, 6.07) is 16.8. The van der Waals surface area contributed by atoms with E-state index in [1.807, 2.05) is 37.3 Å². The molecule has 2 aromatic heterocycles.